The van der Waals surface area contributed by atoms with Gasteiger partial charge in [0, 0.05) is 0 Å². The van der Waals surface area contributed by atoms with Crippen molar-refractivity contribution in [2.45, 2.75) is 39.3 Å². The molecule has 0 aliphatic carbocycles. The van der Waals surface area contributed by atoms with Crippen LogP contribution in [-0.2, 0) is 10.9 Å². The zero-order chi connectivity index (χ0) is 13.2. The summed E-state index contributed by atoms with van der Waals surface area (Å²) in [5, 5.41) is 0. The summed E-state index contributed by atoms with van der Waals surface area (Å²) in [4.78, 5) is 0. The van der Waals surface area contributed by atoms with Gasteiger partial charge in [-0.2, -0.15) is 0 Å². The van der Waals surface area contributed by atoms with Gasteiger partial charge in [0.05, 0.1) is 0 Å². The van der Waals surface area contributed by atoms with Crippen molar-refractivity contribution in [3.63, 3.8) is 0 Å². The van der Waals surface area contributed by atoms with Gasteiger partial charge in [0.1, 0.15) is 0 Å². The summed E-state index contributed by atoms with van der Waals surface area (Å²) in [7, 11) is -2.18. The van der Waals surface area contributed by atoms with Gasteiger partial charge < -0.3 is 0 Å². The summed E-state index contributed by atoms with van der Waals surface area (Å²) in [5.41, 5.74) is 1.28. The zero-order valence-electron chi connectivity index (χ0n) is 12.0. The summed E-state index contributed by atoms with van der Waals surface area (Å²) < 4.78 is 7.73. The Labute approximate surface area is 115 Å². The first kappa shape index (κ1) is 17.5. The molecule has 0 heterocycles. The molecule has 16 heavy (non-hydrogen) atoms. The standard InChI is InChI=1S/C9H27N2PSSeSi2/c1-12(2,14)9-13(10-15(3,4)5)11-16(6,7)8/h9H2,1-8H3,(H,10,11)/p+1. The van der Waals surface area contributed by atoms with Crippen LogP contribution in [0.5, 0.6) is 0 Å². The van der Waals surface area contributed by atoms with Crippen LogP contribution in [-0.4, -0.2) is 50.9 Å². The molecule has 0 saturated carbocycles. The van der Waals surface area contributed by atoms with Crippen LogP contribution in [0.4, 0.5) is 0 Å². The molecule has 0 bridgehead atoms. The Balaban J connectivity index is 4.87. The third-order valence-electron chi connectivity index (χ3n) is 1.32. The third kappa shape index (κ3) is 12.0. The molecule has 0 saturated heterocycles. The van der Waals surface area contributed by atoms with E-state index in [0.717, 1.165) is 0 Å². The third-order valence-corrected chi connectivity index (χ3v) is 13.9. The molecular weight excluding hydrogens is 334 g/mol. The Morgan fingerprint density at radius 1 is 1.12 bits per heavy atom. The zero-order valence-corrected chi connectivity index (χ0v) is 17.4. The molecule has 2 nitrogen and oxygen atoms in total. The quantitative estimate of drug-likeness (QED) is 0.574. The van der Waals surface area contributed by atoms with Gasteiger partial charge in [0.15, 0.2) is 0 Å². The first-order valence-electron chi connectivity index (χ1n) is 5.61. The van der Waals surface area contributed by atoms with Gasteiger partial charge in [-0.05, 0) is 0 Å². The predicted molar refractivity (Wildman–Crippen MR) is 87.8 cm³/mol. The van der Waals surface area contributed by atoms with Crippen molar-refractivity contribution >= 4 is 48.9 Å². The minimum absolute atomic E-state index is 0.209. The van der Waals surface area contributed by atoms with E-state index in [1.165, 1.54) is 5.49 Å². The van der Waals surface area contributed by atoms with Gasteiger partial charge in [-0.15, -0.1) is 0 Å². The molecule has 0 rings (SSSR count). The van der Waals surface area contributed by atoms with E-state index in [1.54, 1.807) is 0 Å². The average Bonchev–Trinajstić information content (AvgIpc) is 1.70. The summed E-state index contributed by atoms with van der Waals surface area (Å²) in [6.45, 7) is 19.0. The Morgan fingerprint density at radius 2 is 1.56 bits per heavy atom. The Hall–Kier alpha value is 1.49. The second-order valence-corrected chi connectivity index (χ2v) is 28.8. The maximum atomic E-state index is 5.13. The van der Waals surface area contributed by atoms with E-state index in [1.807, 2.05) is 0 Å². The van der Waals surface area contributed by atoms with E-state index in [2.05, 4.69) is 72.6 Å². The molecule has 0 aliphatic heterocycles. The van der Waals surface area contributed by atoms with Crippen LogP contribution in [0.3, 0.4) is 0 Å². The van der Waals surface area contributed by atoms with Crippen molar-refractivity contribution in [2.75, 3.05) is 18.8 Å². The van der Waals surface area contributed by atoms with Crippen LogP contribution in [0.15, 0.2) is 4.03 Å². The van der Waals surface area contributed by atoms with Crippen molar-refractivity contribution in [3.8, 4) is 0 Å². The minimum atomic E-state index is -1.29. The van der Waals surface area contributed by atoms with E-state index >= 15 is 0 Å². The van der Waals surface area contributed by atoms with Gasteiger partial charge in [0.2, 0.25) is 0 Å². The van der Waals surface area contributed by atoms with Gasteiger partial charge in [-0.3, -0.25) is 0 Å². The molecule has 0 aromatic carbocycles. The average molecular weight is 363 g/mol. The van der Waals surface area contributed by atoms with Crippen LogP contribution in [0.1, 0.15) is 0 Å². The van der Waals surface area contributed by atoms with Crippen LogP contribution >= 0.6 is 5.95 Å². The molecule has 7 heteroatoms. The molecule has 0 aliphatic rings. The first-order chi connectivity index (χ1) is 6.79. The second-order valence-electron chi connectivity index (χ2n) is 6.85. The van der Waals surface area contributed by atoms with E-state index in [-0.39, 0.29) is 10.9 Å². The SMILES string of the molecule is C[Si](C)(C)N=S(C[P+](C)(C)[Se-])[NH2+][Si](C)(C)C. The number of quaternary nitrogens is 1. The van der Waals surface area contributed by atoms with Crippen molar-refractivity contribution in [2.24, 2.45) is 4.03 Å². The number of nitrogens with zero attached hydrogens (tertiary/aromatic N) is 1. The van der Waals surface area contributed by atoms with Gasteiger partial charge in [0.25, 0.3) is 0 Å². The molecule has 98 valence electrons. The van der Waals surface area contributed by atoms with Crippen molar-refractivity contribution < 1.29 is 4.39 Å². The molecule has 0 spiro atoms. The Kier molecular flexibility index (Phi) is 6.66. The summed E-state index contributed by atoms with van der Waals surface area (Å²) >= 11 is 3.39. The Morgan fingerprint density at radius 3 is 1.81 bits per heavy atom. The number of rotatable bonds is 5. The maximum absolute atomic E-state index is 5.13. The van der Waals surface area contributed by atoms with Crippen LogP contribution in [0, 0.1) is 0 Å². The first-order valence-corrected chi connectivity index (χ1v) is 19.1. The molecule has 0 aromatic heterocycles. The molecule has 0 amide bonds. The number of hydrogen-bond donors (Lipinski definition) is 1. The van der Waals surface area contributed by atoms with E-state index in [4.69, 9.17) is 4.03 Å². The van der Waals surface area contributed by atoms with Gasteiger partial charge in [-0.25, -0.2) is 0 Å². The van der Waals surface area contributed by atoms with E-state index in [9.17, 15) is 0 Å². The summed E-state index contributed by atoms with van der Waals surface area (Å²) in [6, 6.07) is 0. The molecular formula is C9H28N2PSSeSi2+. The van der Waals surface area contributed by atoms with Crippen LogP contribution in [0.2, 0.25) is 39.3 Å². The van der Waals surface area contributed by atoms with Crippen molar-refractivity contribution in [3.05, 3.63) is 0 Å². The molecule has 1 unspecified atom stereocenters. The normalized spacial score (nSPS) is 16.6. The molecule has 1 atom stereocenters. The topological polar surface area (TPSA) is 29.0 Å². The fraction of sp³-hybridized carbons (Fsp3) is 1.00. The van der Waals surface area contributed by atoms with Crippen LogP contribution < -0.4 is 4.39 Å². The molecule has 0 aromatic rings. The number of nitrogens with two attached hydrogens (primary N) is 1. The predicted octanol–water partition coefficient (Wildman–Crippen LogP) is 2.25. The fourth-order valence-corrected chi connectivity index (χ4v) is 14.2. The van der Waals surface area contributed by atoms with E-state index in [0.29, 0.717) is 0 Å². The summed E-state index contributed by atoms with van der Waals surface area (Å²) in [6.07, 6.45) is 0. The summed E-state index contributed by atoms with van der Waals surface area (Å²) in [5.74, 6) is -0.837. The fourth-order valence-electron chi connectivity index (χ4n) is 1.17. The van der Waals surface area contributed by atoms with Gasteiger partial charge in [-0.1, -0.05) is 0 Å². The number of hydrogen-bond acceptors (Lipinski definition) is 1. The monoisotopic (exact) mass is 363 g/mol. The van der Waals surface area contributed by atoms with E-state index < -0.39 is 22.4 Å². The van der Waals surface area contributed by atoms with Crippen molar-refractivity contribution in [1.29, 1.82) is 0 Å². The molecule has 0 fully saturated rings. The molecule has 2 N–H and O–H groups in total. The van der Waals surface area contributed by atoms with Crippen LogP contribution in [0.25, 0.3) is 0 Å². The van der Waals surface area contributed by atoms with Crippen molar-refractivity contribution in [1.82, 2.24) is 0 Å². The second kappa shape index (κ2) is 6.09. The molecule has 0 radical (unpaired) electrons. The Bertz CT molecular complexity index is 248. The van der Waals surface area contributed by atoms with Gasteiger partial charge >= 0.3 is 115 Å².